The Bertz CT molecular complexity index is 1130. The number of aromatic nitrogens is 1. The summed E-state index contributed by atoms with van der Waals surface area (Å²) in [4.78, 5) is 38.7. The van der Waals surface area contributed by atoms with Crippen molar-refractivity contribution in [2.24, 2.45) is 5.73 Å². The molecule has 2 aromatic heterocycles. The number of anilines is 1. The number of benzene rings is 1. The number of pyridine rings is 1. The van der Waals surface area contributed by atoms with Gasteiger partial charge in [-0.1, -0.05) is 17.7 Å². The van der Waals surface area contributed by atoms with Crippen LogP contribution in [0.5, 0.6) is 0 Å². The molecule has 0 spiro atoms. The topological polar surface area (TPSA) is 94.6 Å². The Morgan fingerprint density at radius 3 is 2.41 bits per heavy atom. The summed E-state index contributed by atoms with van der Waals surface area (Å²) in [5.74, 6) is -0.934. The fraction of sp³-hybridized carbons (Fsp3) is 0.150. The normalized spacial score (nSPS) is 18.7. The third kappa shape index (κ3) is 3.82. The molecule has 0 aliphatic carbocycles. The van der Waals surface area contributed by atoms with Crippen molar-refractivity contribution in [3.05, 3.63) is 80.4 Å². The number of carbonyl (C=O) groups is 2. The Hall–Kier alpha value is -2.94. The maximum Gasteiger partial charge on any atom is 0.255 e. The molecule has 3 aromatic rings. The SMILES string of the molecule is NC(=O)C1CN(c2ccc(-n3ccccc3=O)cc2)C(C(=O)c2ccc(Cl)s2)O1. The van der Waals surface area contributed by atoms with Crippen LogP contribution in [0.15, 0.2) is 65.6 Å². The number of amides is 1. The minimum atomic E-state index is -0.993. The average Bonchev–Trinajstić information content (AvgIpc) is 3.35. The van der Waals surface area contributed by atoms with Crippen LogP contribution in [0.2, 0.25) is 4.34 Å². The van der Waals surface area contributed by atoms with Crippen molar-refractivity contribution in [2.75, 3.05) is 11.4 Å². The Morgan fingerprint density at radius 1 is 1.07 bits per heavy atom. The maximum absolute atomic E-state index is 12.9. The Balaban J connectivity index is 1.65. The molecule has 0 saturated carbocycles. The number of nitrogens with zero attached hydrogens (tertiary/aromatic N) is 2. The molecule has 4 rings (SSSR count). The number of halogens is 1. The third-order valence-corrected chi connectivity index (χ3v) is 5.82. The van der Waals surface area contributed by atoms with Gasteiger partial charge in [0.1, 0.15) is 0 Å². The van der Waals surface area contributed by atoms with Gasteiger partial charge in [0.25, 0.3) is 5.56 Å². The van der Waals surface area contributed by atoms with Crippen LogP contribution in [-0.2, 0) is 9.53 Å². The van der Waals surface area contributed by atoms with E-state index in [1.165, 1.54) is 10.6 Å². The van der Waals surface area contributed by atoms with Crippen LogP contribution in [0.1, 0.15) is 9.67 Å². The number of thiophene rings is 1. The van der Waals surface area contributed by atoms with Gasteiger partial charge in [0, 0.05) is 23.6 Å². The van der Waals surface area contributed by atoms with Crippen molar-refractivity contribution in [1.29, 1.82) is 0 Å². The summed E-state index contributed by atoms with van der Waals surface area (Å²) in [6.07, 6.45) is -0.227. The van der Waals surface area contributed by atoms with Crippen LogP contribution in [0.4, 0.5) is 5.69 Å². The molecule has 1 aromatic carbocycles. The van der Waals surface area contributed by atoms with Gasteiger partial charge in [-0.3, -0.25) is 19.0 Å². The second-order valence-corrected chi connectivity index (χ2v) is 8.14. The van der Waals surface area contributed by atoms with Crippen molar-refractivity contribution in [2.45, 2.75) is 12.3 Å². The number of carbonyl (C=O) groups excluding carboxylic acids is 2. The number of nitrogens with two attached hydrogens (primary N) is 1. The van der Waals surface area contributed by atoms with Gasteiger partial charge >= 0.3 is 0 Å². The van der Waals surface area contributed by atoms with Gasteiger partial charge in [-0.05, 0) is 42.5 Å². The zero-order valence-electron chi connectivity index (χ0n) is 15.0. The van der Waals surface area contributed by atoms with E-state index in [9.17, 15) is 14.4 Å². The van der Waals surface area contributed by atoms with E-state index in [1.807, 2.05) is 0 Å². The molecular formula is C20H16ClN3O4S. The van der Waals surface area contributed by atoms with Crippen LogP contribution in [-0.4, -0.2) is 35.1 Å². The molecule has 3 heterocycles. The fourth-order valence-corrected chi connectivity index (χ4v) is 4.16. The molecule has 2 unspecified atom stereocenters. The first-order valence-electron chi connectivity index (χ1n) is 8.73. The zero-order chi connectivity index (χ0) is 20.5. The summed E-state index contributed by atoms with van der Waals surface area (Å²) in [6.45, 7) is 0.148. The first kappa shape index (κ1) is 19.4. The first-order valence-corrected chi connectivity index (χ1v) is 9.92. The monoisotopic (exact) mass is 429 g/mol. The molecule has 148 valence electrons. The zero-order valence-corrected chi connectivity index (χ0v) is 16.6. The summed E-state index contributed by atoms with van der Waals surface area (Å²) < 4.78 is 7.65. The second-order valence-electron chi connectivity index (χ2n) is 6.43. The molecule has 1 saturated heterocycles. The maximum atomic E-state index is 12.9. The summed E-state index contributed by atoms with van der Waals surface area (Å²) in [5, 5.41) is 0. The van der Waals surface area contributed by atoms with Gasteiger partial charge in [-0.25, -0.2) is 0 Å². The van der Waals surface area contributed by atoms with E-state index in [2.05, 4.69) is 0 Å². The first-order chi connectivity index (χ1) is 13.9. The molecule has 1 amide bonds. The van der Waals surface area contributed by atoms with E-state index in [0.717, 1.165) is 11.3 Å². The molecule has 1 fully saturated rings. The van der Waals surface area contributed by atoms with Crippen molar-refractivity contribution in [3.8, 4) is 5.69 Å². The van der Waals surface area contributed by atoms with Crippen molar-refractivity contribution in [1.82, 2.24) is 4.57 Å². The summed E-state index contributed by atoms with van der Waals surface area (Å²) in [6, 6.07) is 15.2. The Kier molecular flexibility index (Phi) is 5.23. The van der Waals surface area contributed by atoms with Gasteiger partial charge < -0.3 is 15.4 Å². The number of ether oxygens (including phenoxy) is 1. The largest absolute Gasteiger partial charge is 0.367 e. The molecule has 2 atom stereocenters. The molecular weight excluding hydrogens is 414 g/mol. The van der Waals surface area contributed by atoms with Crippen LogP contribution >= 0.6 is 22.9 Å². The second kappa shape index (κ2) is 7.82. The Labute approximate surface area is 174 Å². The number of Topliss-reactive ketones (excluding diaryl/α,β-unsaturated/α-hetero) is 1. The fourth-order valence-electron chi connectivity index (χ4n) is 3.16. The minimum absolute atomic E-state index is 0.148. The van der Waals surface area contributed by atoms with E-state index in [4.69, 9.17) is 22.1 Å². The lowest BCUT2D eigenvalue weighted by Crippen LogP contribution is -2.36. The predicted octanol–water partition coefficient (Wildman–Crippen LogP) is 2.45. The lowest BCUT2D eigenvalue weighted by Gasteiger charge is -2.23. The van der Waals surface area contributed by atoms with Crippen LogP contribution < -0.4 is 16.2 Å². The molecule has 29 heavy (non-hydrogen) atoms. The van der Waals surface area contributed by atoms with Gasteiger partial charge in [0.2, 0.25) is 11.7 Å². The van der Waals surface area contributed by atoms with E-state index in [-0.39, 0.29) is 17.9 Å². The molecule has 2 N–H and O–H groups in total. The summed E-state index contributed by atoms with van der Waals surface area (Å²) in [7, 11) is 0. The van der Waals surface area contributed by atoms with E-state index in [1.54, 1.807) is 59.6 Å². The van der Waals surface area contributed by atoms with Crippen LogP contribution in [0, 0.1) is 0 Å². The van der Waals surface area contributed by atoms with Gasteiger partial charge in [0.15, 0.2) is 12.3 Å². The predicted molar refractivity (Wildman–Crippen MR) is 111 cm³/mol. The van der Waals surface area contributed by atoms with Crippen molar-refractivity contribution < 1.29 is 14.3 Å². The summed E-state index contributed by atoms with van der Waals surface area (Å²) >= 11 is 7.09. The Morgan fingerprint density at radius 2 is 1.79 bits per heavy atom. The van der Waals surface area contributed by atoms with Crippen LogP contribution in [0.25, 0.3) is 5.69 Å². The quantitative estimate of drug-likeness (QED) is 0.628. The molecule has 1 aliphatic rings. The highest BCUT2D eigenvalue weighted by molar-refractivity contribution is 7.18. The molecule has 0 bridgehead atoms. The van der Waals surface area contributed by atoms with Crippen LogP contribution in [0.3, 0.4) is 0 Å². The van der Waals surface area contributed by atoms with E-state index >= 15 is 0 Å². The standard InChI is InChI=1S/C20H16ClN3O4S/c21-16-9-8-15(29-16)18(26)20-24(11-14(28-20)19(22)27)13-6-4-12(5-7-13)23-10-2-1-3-17(23)25/h1-10,14,20H,11H2,(H2,22,27). The lowest BCUT2D eigenvalue weighted by atomic mass is 10.2. The molecule has 0 radical (unpaired) electrons. The number of hydrogen-bond acceptors (Lipinski definition) is 6. The van der Waals surface area contributed by atoms with E-state index in [0.29, 0.717) is 20.6 Å². The number of hydrogen-bond donors (Lipinski definition) is 1. The third-order valence-electron chi connectivity index (χ3n) is 4.58. The smallest absolute Gasteiger partial charge is 0.255 e. The highest BCUT2D eigenvalue weighted by Crippen LogP contribution is 2.30. The molecule has 1 aliphatic heterocycles. The highest BCUT2D eigenvalue weighted by atomic mass is 35.5. The van der Waals surface area contributed by atoms with E-state index < -0.39 is 18.2 Å². The average molecular weight is 430 g/mol. The van der Waals surface area contributed by atoms with Gasteiger partial charge in [-0.2, -0.15) is 0 Å². The highest BCUT2D eigenvalue weighted by Gasteiger charge is 2.41. The van der Waals surface area contributed by atoms with Gasteiger partial charge in [0.05, 0.1) is 15.8 Å². The number of rotatable bonds is 5. The molecule has 9 heteroatoms. The van der Waals surface area contributed by atoms with Gasteiger partial charge in [-0.15, -0.1) is 11.3 Å². The van der Waals surface area contributed by atoms with Crippen molar-refractivity contribution in [3.63, 3.8) is 0 Å². The summed E-state index contributed by atoms with van der Waals surface area (Å²) in [5.41, 5.74) is 6.60. The lowest BCUT2D eigenvalue weighted by molar-refractivity contribution is -0.127. The number of ketones is 1. The minimum Gasteiger partial charge on any atom is -0.367 e. The number of primary amides is 1. The molecule has 7 nitrogen and oxygen atoms in total. The van der Waals surface area contributed by atoms with Crippen molar-refractivity contribution >= 4 is 40.3 Å².